The van der Waals surface area contributed by atoms with Gasteiger partial charge in [0.1, 0.15) is 6.04 Å². The van der Waals surface area contributed by atoms with Gasteiger partial charge in [-0.3, -0.25) is 25.0 Å². The normalized spacial score (nSPS) is 21.3. The van der Waals surface area contributed by atoms with Gasteiger partial charge in [0.05, 0.1) is 24.5 Å². The Morgan fingerprint density at radius 3 is 3.00 bits per heavy atom. The maximum atomic E-state index is 11.1. The largest absolute Gasteiger partial charge is 0.480 e. The molecule has 1 aromatic rings. The van der Waals surface area contributed by atoms with Gasteiger partial charge in [-0.1, -0.05) is 30.3 Å². The third-order valence-electron chi connectivity index (χ3n) is 3.57. The van der Waals surface area contributed by atoms with E-state index in [0.29, 0.717) is 26.1 Å². The Morgan fingerprint density at radius 2 is 2.24 bits per heavy atom. The molecule has 0 fully saturated rings. The maximum Gasteiger partial charge on any atom is 0.321 e. The Hall–Kier alpha value is -2.18. The van der Waals surface area contributed by atoms with E-state index in [4.69, 9.17) is 9.94 Å². The zero-order chi connectivity index (χ0) is 14.7. The Bertz CT molecular complexity index is 583. The molecule has 1 aromatic carbocycles. The maximum absolute atomic E-state index is 11.1. The molecular formula is C15H17N3O3. The summed E-state index contributed by atoms with van der Waals surface area (Å²) in [6.45, 7) is 1.45. The predicted octanol–water partition coefficient (Wildman–Crippen LogP) is 1.16. The summed E-state index contributed by atoms with van der Waals surface area (Å²) in [4.78, 5) is 21.3. The van der Waals surface area contributed by atoms with E-state index in [9.17, 15) is 4.79 Å². The molecule has 1 unspecified atom stereocenters. The van der Waals surface area contributed by atoms with Gasteiger partial charge in [-0.05, 0) is 5.56 Å². The van der Waals surface area contributed by atoms with E-state index in [1.165, 1.54) is 0 Å². The highest BCUT2D eigenvalue weighted by Gasteiger charge is 2.30. The molecule has 0 amide bonds. The Balaban J connectivity index is 1.69. The van der Waals surface area contributed by atoms with Crippen molar-refractivity contribution in [2.45, 2.75) is 19.1 Å². The van der Waals surface area contributed by atoms with Crippen LogP contribution in [0.1, 0.15) is 12.0 Å². The molecule has 0 radical (unpaired) electrons. The van der Waals surface area contributed by atoms with Gasteiger partial charge in [0, 0.05) is 19.2 Å². The van der Waals surface area contributed by atoms with E-state index < -0.39 is 12.0 Å². The average Bonchev–Trinajstić information content (AvgIpc) is 2.53. The minimum Gasteiger partial charge on any atom is -0.480 e. The molecule has 21 heavy (non-hydrogen) atoms. The quantitative estimate of drug-likeness (QED) is 0.869. The summed E-state index contributed by atoms with van der Waals surface area (Å²) in [7, 11) is 0. The standard InChI is InChI=1S/C15H17N3O3/c19-15(20)12-8-14-13(9-17-12)16-6-7-18(14)21-10-11-4-2-1-3-5-11/h1-6,12,17H,7-10H2,(H,19,20). The number of carboxylic acids is 1. The number of nitrogens with one attached hydrogen (secondary N) is 1. The Morgan fingerprint density at radius 1 is 1.43 bits per heavy atom. The van der Waals surface area contributed by atoms with E-state index in [1.807, 2.05) is 30.3 Å². The van der Waals surface area contributed by atoms with Crippen LogP contribution in [0.4, 0.5) is 0 Å². The predicted molar refractivity (Wildman–Crippen MR) is 77.5 cm³/mol. The molecule has 0 bridgehead atoms. The summed E-state index contributed by atoms with van der Waals surface area (Å²) >= 11 is 0. The fourth-order valence-electron chi connectivity index (χ4n) is 2.44. The highest BCUT2D eigenvalue weighted by atomic mass is 16.7. The fraction of sp³-hybridized carbons (Fsp3) is 0.333. The summed E-state index contributed by atoms with van der Waals surface area (Å²) in [6.07, 6.45) is 2.17. The van der Waals surface area contributed by atoms with Crippen molar-refractivity contribution >= 4 is 12.2 Å². The van der Waals surface area contributed by atoms with Gasteiger partial charge in [0.2, 0.25) is 0 Å². The first-order valence-corrected chi connectivity index (χ1v) is 6.89. The van der Waals surface area contributed by atoms with E-state index in [2.05, 4.69) is 10.3 Å². The number of carbonyl (C=O) groups is 1. The van der Waals surface area contributed by atoms with Crippen molar-refractivity contribution in [1.29, 1.82) is 0 Å². The van der Waals surface area contributed by atoms with Crippen molar-refractivity contribution in [2.24, 2.45) is 4.99 Å². The lowest BCUT2D eigenvalue weighted by atomic mass is 10.0. The summed E-state index contributed by atoms with van der Waals surface area (Å²) in [5.74, 6) is -0.848. The van der Waals surface area contributed by atoms with Crippen molar-refractivity contribution < 1.29 is 14.7 Å². The van der Waals surface area contributed by atoms with Crippen LogP contribution >= 0.6 is 0 Å². The molecule has 6 nitrogen and oxygen atoms in total. The Kier molecular flexibility index (Phi) is 3.98. The second kappa shape index (κ2) is 6.07. The second-order valence-electron chi connectivity index (χ2n) is 5.00. The van der Waals surface area contributed by atoms with Crippen molar-refractivity contribution in [3.05, 3.63) is 47.3 Å². The number of benzene rings is 1. The zero-order valence-corrected chi connectivity index (χ0v) is 11.5. The van der Waals surface area contributed by atoms with E-state index >= 15 is 0 Å². The summed E-state index contributed by atoms with van der Waals surface area (Å²) in [6, 6.07) is 9.30. The highest BCUT2D eigenvalue weighted by Crippen LogP contribution is 2.24. The smallest absolute Gasteiger partial charge is 0.321 e. The molecule has 1 atom stereocenters. The molecule has 0 aliphatic carbocycles. The third-order valence-corrected chi connectivity index (χ3v) is 3.57. The number of hydroxylamine groups is 2. The van der Waals surface area contributed by atoms with Gasteiger partial charge in [0.15, 0.2) is 0 Å². The van der Waals surface area contributed by atoms with Gasteiger partial charge in [-0.25, -0.2) is 0 Å². The van der Waals surface area contributed by atoms with Gasteiger partial charge in [-0.2, -0.15) is 0 Å². The van der Waals surface area contributed by atoms with Crippen LogP contribution < -0.4 is 5.32 Å². The van der Waals surface area contributed by atoms with Gasteiger partial charge in [0.25, 0.3) is 0 Å². The topological polar surface area (TPSA) is 74.2 Å². The number of carboxylic acid groups (broad SMARTS) is 1. The first-order chi connectivity index (χ1) is 10.2. The van der Waals surface area contributed by atoms with Crippen molar-refractivity contribution in [3.63, 3.8) is 0 Å². The van der Waals surface area contributed by atoms with Crippen LogP contribution in [-0.2, 0) is 16.2 Å². The molecule has 3 rings (SSSR count). The third kappa shape index (κ3) is 3.12. The number of aliphatic imine (C=N–C) groups is 1. The lowest BCUT2D eigenvalue weighted by molar-refractivity contribution is -0.145. The number of hydrogen-bond acceptors (Lipinski definition) is 5. The van der Waals surface area contributed by atoms with Crippen LogP contribution in [0.2, 0.25) is 0 Å². The fourth-order valence-corrected chi connectivity index (χ4v) is 2.44. The number of rotatable bonds is 4. The van der Waals surface area contributed by atoms with Gasteiger partial charge >= 0.3 is 5.97 Å². The molecular weight excluding hydrogens is 270 g/mol. The molecule has 0 spiro atoms. The molecule has 2 N–H and O–H groups in total. The van der Waals surface area contributed by atoms with E-state index in [-0.39, 0.29) is 0 Å². The molecule has 110 valence electrons. The van der Waals surface area contributed by atoms with Crippen LogP contribution in [0, 0.1) is 0 Å². The average molecular weight is 287 g/mol. The lowest BCUT2D eigenvalue weighted by Gasteiger charge is -2.34. The molecule has 6 heteroatoms. The Labute approximate surface area is 122 Å². The minimum atomic E-state index is -0.848. The molecule has 0 saturated heterocycles. The molecule has 2 heterocycles. The first kappa shape index (κ1) is 13.8. The second-order valence-corrected chi connectivity index (χ2v) is 5.00. The SMILES string of the molecule is O=C(O)C1CC2=C(CN1)N=CCN2OCc1ccccc1. The monoisotopic (exact) mass is 287 g/mol. The minimum absolute atomic E-state index is 0.386. The van der Waals surface area contributed by atoms with Crippen molar-refractivity contribution in [3.8, 4) is 0 Å². The summed E-state index contributed by atoms with van der Waals surface area (Å²) in [5.41, 5.74) is 2.79. The molecule has 2 aliphatic heterocycles. The van der Waals surface area contributed by atoms with Crippen LogP contribution in [-0.4, -0.2) is 41.5 Å². The first-order valence-electron chi connectivity index (χ1n) is 6.89. The summed E-state index contributed by atoms with van der Waals surface area (Å²) in [5, 5.41) is 13.9. The van der Waals surface area contributed by atoms with Crippen LogP contribution in [0.15, 0.2) is 46.7 Å². The number of nitrogens with zero attached hydrogens (tertiary/aromatic N) is 2. The molecule has 0 aromatic heterocycles. The summed E-state index contributed by atoms with van der Waals surface area (Å²) < 4.78 is 0. The van der Waals surface area contributed by atoms with E-state index in [0.717, 1.165) is 17.0 Å². The molecule has 0 saturated carbocycles. The lowest BCUT2D eigenvalue weighted by Crippen LogP contribution is -2.45. The van der Waals surface area contributed by atoms with Crippen LogP contribution in [0.25, 0.3) is 0 Å². The number of hydrogen-bond donors (Lipinski definition) is 2. The van der Waals surface area contributed by atoms with Gasteiger partial charge < -0.3 is 5.11 Å². The van der Waals surface area contributed by atoms with Crippen LogP contribution in [0.3, 0.4) is 0 Å². The van der Waals surface area contributed by atoms with Gasteiger partial charge in [-0.15, -0.1) is 0 Å². The highest BCUT2D eigenvalue weighted by molar-refractivity contribution is 5.74. The zero-order valence-electron chi connectivity index (χ0n) is 11.5. The van der Waals surface area contributed by atoms with E-state index in [1.54, 1.807) is 11.3 Å². The van der Waals surface area contributed by atoms with Crippen molar-refractivity contribution in [1.82, 2.24) is 10.4 Å². The number of aliphatic carboxylic acids is 1. The molecule has 2 aliphatic rings. The van der Waals surface area contributed by atoms with Crippen LogP contribution in [0.5, 0.6) is 0 Å². The van der Waals surface area contributed by atoms with Crippen molar-refractivity contribution in [2.75, 3.05) is 13.1 Å².